The molecule has 1 aliphatic carbocycles. The van der Waals surface area contributed by atoms with Gasteiger partial charge in [-0.2, -0.15) is 0 Å². The molecule has 1 fully saturated rings. The van der Waals surface area contributed by atoms with Crippen molar-refractivity contribution in [3.63, 3.8) is 0 Å². The molecule has 5 heteroatoms. The Morgan fingerprint density at radius 1 is 1.62 bits per heavy atom. The minimum Gasteiger partial charge on any atom is -0.397 e. The fraction of sp³-hybridized carbons (Fsp3) is 0.545. The van der Waals surface area contributed by atoms with Crippen LogP contribution in [0.4, 0.5) is 5.69 Å². The third-order valence-corrected chi connectivity index (χ3v) is 2.66. The maximum Gasteiger partial charge on any atom is 0.267 e. The Kier molecular flexibility index (Phi) is 3.14. The summed E-state index contributed by atoms with van der Waals surface area (Å²) in [6, 6.07) is 2.14. The average molecular weight is 223 g/mol. The normalized spacial score (nSPS) is 15.1. The van der Waals surface area contributed by atoms with Gasteiger partial charge in [-0.05, 0) is 25.3 Å². The van der Waals surface area contributed by atoms with Gasteiger partial charge in [-0.15, -0.1) is 0 Å². The standard InChI is InChI=1S/C11H17N3O2/c12-8-6-10(11(16)13-4-1-5-15)14(7-8)9-2-3-9/h6-7,9,15H,1-5,12H2,(H,13,16). The van der Waals surface area contributed by atoms with Crippen molar-refractivity contribution in [1.82, 2.24) is 9.88 Å². The maximum atomic E-state index is 11.8. The van der Waals surface area contributed by atoms with Gasteiger partial charge in [0.25, 0.3) is 5.91 Å². The van der Waals surface area contributed by atoms with Crippen molar-refractivity contribution in [3.8, 4) is 0 Å². The van der Waals surface area contributed by atoms with Crippen LogP contribution in [0.15, 0.2) is 12.3 Å². The van der Waals surface area contributed by atoms with Crippen molar-refractivity contribution < 1.29 is 9.90 Å². The molecule has 1 aliphatic rings. The molecule has 0 atom stereocenters. The van der Waals surface area contributed by atoms with Gasteiger partial charge in [0, 0.05) is 25.4 Å². The minimum atomic E-state index is -0.114. The fourth-order valence-corrected chi connectivity index (χ4v) is 1.71. The lowest BCUT2D eigenvalue weighted by Gasteiger charge is -2.07. The molecule has 16 heavy (non-hydrogen) atoms. The van der Waals surface area contributed by atoms with Crippen LogP contribution in [0.3, 0.4) is 0 Å². The van der Waals surface area contributed by atoms with Crippen LogP contribution in [-0.2, 0) is 0 Å². The number of hydrogen-bond acceptors (Lipinski definition) is 3. The van der Waals surface area contributed by atoms with E-state index in [0.29, 0.717) is 30.4 Å². The Morgan fingerprint density at radius 2 is 2.38 bits per heavy atom. The molecule has 2 rings (SSSR count). The summed E-state index contributed by atoms with van der Waals surface area (Å²) in [4.78, 5) is 11.8. The summed E-state index contributed by atoms with van der Waals surface area (Å²) in [5.74, 6) is -0.114. The minimum absolute atomic E-state index is 0.0893. The summed E-state index contributed by atoms with van der Waals surface area (Å²) in [7, 11) is 0. The molecule has 1 aromatic rings. The number of aromatic nitrogens is 1. The molecular formula is C11H17N3O2. The number of nitrogens with zero attached hydrogens (tertiary/aromatic N) is 1. The van der Waals surface area contributed by atoms with Gasteiger partial charge >= 0.3 is 0 Å². The summed E-state index contributed by atoms with van der Waals surface area (Å²) < 4.78 is 1.95. The summed E-state index contributed by atoms with van der Waals surface area (Å²) in [6.45, 7) is 0.580. The number of anilines is 1. The second-order valence-corrected chi connectivity index (χ2v) is 4.13. The highest BCUT2D eigenvalue weighted by Gasteiger charge is 2.27. The molecule has 0 radical (unpaired) electrons. The molecule has 1 amide bonds. The Bertz CT molecular complexity index is 383. The molecule has 4 N–H and O–H groups in total. The third kappa shape index (κ3) is 2.36. The molecule has 0 saturated heterocycles. The van der Waals surface area contributed by atoms with E-state index in [2.05, 4.69) is 5.32 Å². The molecule has 88 valence electrons. The molecule has 1 saturated carbocycles. The van der Waals surface area contributed by atoms with Crippen molar-refractivity contribution in [2.24, 2.45) is 0 Å². The molecule has 1 heterocycles. The highest BCUT2D eigenvalue weighted by Crippen LogP contribution is 2.37. The van der Waals surface area contributed by atoms with Gasteiger partial charge in [0.15, 0.2) is 0 Å². The SMILES string of the molecule is Nc1cc(C(=O)NCCCO)n(C2CC2)c1. The number of aliphatic hydroxyl groups excluding tert-OH is 1. The van der Waals surface area contributed by atoms with E-state index in [9.17, 15) is 4.79 Å². The smallest absolute Gasteiger partial charge is 0.267 e. The zero-order valence-electron chi connectivity index (χ0n) is 9.15. The first kappa shape index (κ1) is 11.0. The quantitative estimate of drug-likeness (QED) is 0.636. The molecule has 0 spiro atoms. The summed E-state index contributed by atoms with van der Waals surface area (Å²) in [5, 5.41) is 11.4. The van der Waals surface area contributed by atoms with Gasteiger partial charge in [0.1, 0.15) is 5.69 Å². The Labute approximate surface area is 94.2 Å². The van der Waals surface area contributed by atoms with Crippen LogP contribution in [-0.4, -0.2) is 28.7 Å². The Hall–Kier alpha value is -1.49. The predicted octanol–water partition coefficient (Wildman–Crippen LogP) is 0.517. The van der Waals surface area contributed by atoms with E-state index in [4.69, 9.17) is 10.8 Å². The molecule has 0 aliphatic heterocycles. The second kappa shape index (κ2) is 4.57. The number of hydrogen-bond donors (Lipinski definition) is 3. The van der Waals surface area contributed by atoms with E-state index in [1.54, 1.807) is 6.07 Å². The van der Waals surface area contributed by atoms with Crippen LogP contribution in [0.2, 0.25) is 0 Å². The van der Waals surface area contributed by atoms with E-state index in [1.165, 1.54) is 0 Å². The number of nitrogens with one attached hydrogen (secondary N) is 1. The summed E-state index contributed by atoms with van der Waals surface area (Å²) >= 11 is 0. The molecule has 1 aromatic heterocycles. The first-order valence-corrected chi connectivity index (χ1v) is 5.59. The van der Waals surface area contributed by atoms with Crippen LogP contribution < -0.4 is 11.1 Å². The van der Waals surface area contributed by atoms with E-state index < -0.39 is 0 Å². The van der Waals surface area contributed by atoms with Crippen molar-refractivity contribution in [3.05, 3.63) is 18.0 Å². The van der Waals surface area contributed by atoms with E-state index in [0.717, 1.165) is 12.8 Å². The van der Waals surface area contributed by atoms with Gasteiger partial charge in [0.2, 0.25) is 0 Å². The number of amides is 1. The lowest BCUT2D eigenvalue weighted by Crippen LogP contribution is -2.27. The van der Waals surface area contributed by atoms with Crippen LogP contribution in [0.5, 0.6) is 0 Å². The average Bonchev–Trinajstić information content (AvgIpc) is 3.02. The van der Waals surface area contributed by atoms with Gasteiger partial charge in [-0.1, -0.05) is 0 Å². The van der Waals surface area contributed by atoms with E-state index in [-0.39, 0.29) is 12.5 Å². The highest BCUT2D eigenvalue weighted by molar-refractivity contribution is 5.93. The number of nitrogen functional groups attached to an aromatic ring is 1. The van der Waals surface area contributed by atoms with Gasteiger partial charge < -0.3 is 20.7 Å². The first-order valence-electron chi connectivity index (χ1n) is 5.59. The number of nitrogens with two attached hydrogens (primary N) is 1. The number of carbonyl (C=O) groups excluding carboxylic acids is 1. The fourth-order valence-electron chi connectivity index (χ4n) is 1.71. The third-order valence-electron chi connectivity index (χ3n) is 2.66. The molecular weight excluding hydrogens is 206 g/mol. The number of rotatable bonds is 5. The van der Waals surface area contributed by atoms with Crippen molar-refractivity contribution in [1.29, 1.82) is 0 Å². The predicted molar refractivity (Wildman–Crippen MR) is 61.2 cm³/mol. The van der Waals surface area contributed by atoms with Gasteiger partial charge in [0.05, 0.1) is 5.69 Å². The zero-order chi connectivity index (χ0) is 11.5. The lowest BCUT2D eigenvalue weighted by molar-refractivity contribution is 0.0941. The maximum absolute atomic E-state index is 11.8. The Morgan fingerprint density at radius 3 is 3.00 bits per heavy atom. The van der Waals surface area contributed by atoms with Gasteiger partial charge in [-0.25, -0.2) is 0 Å². The largest absolute Gasteiger partial charge is 0.397 e. The van der Waals surface area contributed by atoms with Gasteiger partial charge in [-0.3, -0.25) is 4.79 Å². The van der Waals surface area contributed by atoms with Crippen molar-refractivity contribution in [2.45, 2.75) is 25.3 Å². The van der Waals surface area contributed by atoms with Crippen molar-refractivity contribution >= 4 is 11.6 Å². The number of aliphatic hydroxyl groups is 1. The first-order chi connectivity index (χ1) is 7.72. The van der Waals surface area contributed by atoms with Crippen LogP contribution in [0, 0.1) is 0 Å². The summed E-state index contributed by atoms with van der Waals surface area (Å²) in [5.41, 5.74) is 6.94. The van der Waals surface area contributed by atoms with Crippen LogP contribution in [0.1, 0.15) is 35.8 Å². The second-order valence-electron chi connectivity index (χ2n) is 4.13. The monoisotopic (exact) mass is 223 g/mol. The van der Waals surface area contributed by atoms with Crippen molar-refractivity contribution in [2.75, 3.05) is 18.9 Å². The summed E-state index contributed by atoms with van der Waals surface area (Å²) in [6.07, 6.45) is 4.63. The van der Waals surface area contributed by atoms with Crippen LogP contribution >= 0.6 is 0 Å². The molecule has 0 unspecified atom stereocenters. The molecule has 0 aromatic carbocycles. The topological polar surface area (TPSA) is 80.3 Å². The van der Waals surface area contributed by atoms with E-state index in [1.807, 2.05) is 10.8 Å². The number of carbonyl (C=O) groups is 1. The highest BCUT2D eigenvalue weighted by atomic mass is 16.3. The van der Waals surface area contributed by atoms with E-state index >= 15 is 0 Å². The molecule has 0 bridgehead atoms. The lowest BCUT2D eigenvalue weighted by atomic mass is 10.3. The Balaban J connectivity index is 2.03. The zero-order valence-corrected chi connectivity index (χ0v) is 9.15. The molecule has 5 nitrogen and oxygen atoms in total. The van der Waals surface area contributed by atoms with Crippen LogP contribution in [0.25, 0.3) is 0 Å².